The van der Waals surface area contributed by atoms with E-state index in [-0.39, 0.29) is 18.9 Å². The molecule has 0 aliphatic carbocycles. The molecule has 0 aromatic heterocycles. The maximum atomic E-state index is 12.2. The first-order valence-electron chi connectivity index (χ1n) is 13.4. The van der Waals surface area contributed by atoms with Crippen molar-refractivity contribution >= 4 is 5.91 Å². The third kappa shape index (κ3) is 9.38. The van der Waals surface area contributed by atoms with Gasteiger partial charge in [-0.2, -0.15) is 0 Å². The molecule has 12 atom stereocenters. The normalized spacial score (nSPS) is 37.1. The second kappa shape index (κ2) is 16.9. The van der Waals surface area contributed by atoms with Crippen molar-refractivity contribution in [2.24, 2.45) is 0 Å². The SMILES string of the molecule is CCCC/C=C/C(O)C(COC1OC(CO)C(OC2OC(CO)C(O)C(O)C2O)C(O)C1O)NC(=O)CCC. The molecule has 39 heavy (non-hydrogen) atoms. The molecule has 0 bridgehead atoms. The topological polar surface area (TPSA) is 228 Å². The van der Waals surface area contributed by atoms with Crippen molar-refractivity contribution in [2.75, 3.05) is 19.8 Å². The van der Waals surface area contributed by atoms with Crippen LogP contribution in [0, 0.1) is 0 Å². The monoisotopic (exact) mass is 567 g/mol. The average molecular weight is 568 g/mol. The number of hydrogen-bond acceptors (Lipinski definition) is 13. The number of aliphatic hydroxyl groups excluding tert-OH is 8. The van der Waals surface area contributed by atoms with Crippen molar-refractivity contribution < 1.29 is 64.6 Å². The van der Waals surface area contributed by atoms with Crippen LogP contribution >= 0.6 is 0 Å². The number of ether oxygens (including phenoxy) is 4. The fourth-order valence-corrected chi connectivity index (χ4v) is 4.31. The smallest absolute Gasteiger partial charge is 0.220 e. The Morgan fingerprint density at radius 1 is 0.897 bits per heavy atom. The first kappa shape index (κ1) is 33.9. The van der Waals surface area contributed by atoms with Crippen molar-refractivity contribution in [1.82, 2.24) is 5.32 Å². The summed E-state index contributed by atoms with van der Waals surface area (Å²) in [7, 11) is 0. The minimum absolute atomic E-state index is 0.230. The lowest BCUT2D eigenvalue weighted by molar-refractivity contribution is -0.359. The highest BCUT2D eigenvalue weighted by molar-refractivity contribution is 5.76. The first-order chi connectivity index (χ1) is 18.6. The van der Waals surface area contributed by atoms with Gasteiger partial charge in [0.05, 0.1) is 32.0 Å². The van der Waals surface area contributed by atoms with Crippen molar-refractivity contribution in [1.29, 1.82) is 0 Å². The van der Waals surface area contributed by atoms with E-state index in [2.05, 4.69) is 5.32 Å². The molecule has 2 rings (SSSR count). The molecule has 0 saturated carbocycles. The minimum Gasteiger partial charge on any atom is -0.394 e. The van der Waals surface area contributed by atoms with Gasteiger partial charge in [0.15, 0.2) is 12.6 Å². The maximum Gasteiger partial charge on any atom is 0.220 e. The van der Waals surface area contributed by atoms with E-state index in [0.717, 1.165) is 19.3 Å². The van der Waals surface area contributed by atoms with Gasteiger partial charge in [-0.3, -0.25) is 4.79 Å². The zero-order chi connectivity index (χ0) is 29.1. The summed E-state index contributed by atoms with van der Waals surface area (Å²) in [5.41, 5.74) is 0. The summed E-state index contributed by atoms with van der Waals surface area (Å²) in [6, 6.07) is -0.898. The van der Waals surface area contributed by atoms with Gasteiger partial charge < -0.3 is 65.1 Å². The number of allylic oxidation sites excluding steroid dienone is 1. The molecule has 2 aliphatic rings. The Morgan fingerprint density at radius 2 is 1.54 bits per heavy atom. The molecule has 2 saturated heterocycles. The van der Waals surface area contributed by atoms with Crippen LogP contribution in [-0.4, -0.2) is 140 Å². The van der Waals surface area contributed by atoms with Gasteiger partial charge >= 0.3 is 0 Å². The predicted octanol–water partition coefficient (Wildman–Crippen LogP) is -2.98. The van der Waals surface area contributed by atoms with Crippen molar-refractivity contribution in [2.45, 2.75) is 120 Å². The van der Waals surface area contributed by atoms with Crippen LogP contribution in [0.4, 0.5) is 0 Å². The van der Waals surface area contributed by atoms with E-state index in [0.29, 0.717) is 6.42 Å². The standard InChI is InChI=1S/C25H45NO13/c1-3-5-6-7-9-14(29)13(26-17(30)8-4-2)12-36-24-22(35)20(33)23(16(11-28)38-24)39-25-21(34)19(32)18(31)15(10-27)37-25/h7,9,13-16,18-25,27-29,31-35H,3-6,8,10-12H2,1-2H3,(H,26,30)/b9-7+. The van der Waals surface area contributed by atoms with Crippen LogP contribution in [0.3, 0.4) is 0 Å². The fourth-order valence-electron chi connectivity index (χ4n) is 4.31. The van der Waals surface area contributed by atoms with Crippen LogP contribution < -0.4 is 5.32 Å². The van der Waals surface area contributed by atoms with E-state index < -0.39 is 86.8 Å². The van der Waals surface area contributed by atoms with Gasteiger partial charge in [-0.15, -0.1) is 0 Å². The molecule has 2 heterocycles. The lowest BCUT2D eigenvalue weighted by atomic mass is 9.97. The van der Waals surface area contributed by atoms with E-state index in [9.17, 15) is 45.6 Å². The highest BCUT2D eigenvalue weighted by Crippen LogP contribution is 2.29. The Bertz CT molecular complexity index is 739. The third-order valence-corrected chi connectivity index (χ3v) is 6.69. The Hall–Kier alpha value is -1.27. The number of carbonyl (C=O) groups is 1. The highest BCUT2D eigenvalue weighted by Gasteiger charge is 2.50. The quantitative estimate of drug-likeness (QED) is 0.0712. The van der Waals surface area contributed by atoms with Crippen molar-refractivity contribution in [3.05, 3.63) is 12.2 Å². The van der Waals surface area contributed by atoms with Gasteiger partial charge in [0.1, 0.15) is 48.8 Å². The lowest BCUT2D eigenvalue weighted by Crippen LogP contribution is -2.65. The second-order valence-electron chi connectivity index (χ2n) is 9.82. The zero-order valence-electron chi connectivity index (χ0n) is 22.4. The molecule has 1 amide bonds. The van der Waals surface area contributed by atoms with Gasteiger partial charge in [-0.1, -0.05) is 38.8 Å². The summed E-state index contributed by atoms with van der Waals surface area (Å²) in [5, 5.41) is 84.1. The third-order valence-electron chi connectivity index (χ3n) is 6.69. The Labute approximate surface area is 227 Å². The van der Waals surface area contributed by atoms with Crippen LogP contribution in [0.15, 0.2) is 12.2 Å². The molecule has 0 spiro atoms. The predicted molar refractivity (Wildman–Crippen MR) is 134 cm³/mol. The number of hydrogen-bond donors (Lipinski definition) is 9. The highest BCUT2D eigenvalue weighted by atomic mass is 16.7. The Kier molecular flexibility index (Phi) is 14.7. The molecule has 12 unspecified atom stereocenters. The minimum atomic E-state index is -1.78. The van der Waals surface area contributed by atoms with E-state index in [1.54, 1.807) is 12.2 Å². The van der Waals surface area contributed by atoms with Crippen molar-refractivity contribution in [3.63, 3.8) is 0 Å². The first-order valence-corrected chi connectivity index (χ1v) is 13.4. The largest absolute Gasteiger partial charge is 0.394 e. The molecule has 14 nitrogen and oxygen atoms in total. The van der Waals surface area contributed by atoms with E-state index in [4.69, 9.17) is 18.9 Å². The number of carbonyl (C=O) groups excluding carboxylic acids is 1. The summed E-state index contributed by atoms with van der Waals surface area (Å²) < 4.78 is 22.0. The summed E-state index contributed by atoms with van der Waals surface area (Å²) in [4.78, 5) is 12.2. The summed E-state index contributed by atoms with van der Waals surface area (Å²) in [5.74, 6) is -0.307. The molecule has 0 aromatic rings. The van der Waals surface area contributed by atoms with Crippen LogP contribution in [0.2, 0.25) is 0 Å². The van der Waals surface area contributed by atoms with Gasteiger partial charge in [0.2, 0.25) is 5.91 Å². The van der Waals surface area contributed by atoms with Gasteiger partial charge in [0.25, 0.3) is 0 Å². The second-order valence-corrected chi connectivity index (χ2v) is 9.82. The molecular weight excluding hydrogens is 522 g/mol. The number of unbranched alkanes of at least 4 members (excludes halogenated alkanes) is 2. The van der Waals surface area contributed by atoms with E-state index in [1.807, 2.05) is 13.8 Å². The molecule has 2 fully saturated rings. The van der Waals surface area contributed by atoms with Gasteiger partial charge in [-0.05, 0) is 12.8 Å². The molecule has 14 heteroatoms. The number of amides is 1. The zero-order valence-corrected chi connectivity index (χ0v) is 22.4. The molecule has 0 aromatic carbocycles. The molecular formula is C25H45NO13. The Morgan fingerprint density at radius 3 is 2.15 bits per heavy atom. The maximum absolute atomic E-state index is 12.2. The number of aliphatic hydroxyl groups is 8. The van der Waals surface area contributed by atoms with Gasteiger partial charge in [-0.25, -0.2) is 0 Å². The van der Waals surface area contributed by atoms with Crippen LogP contribution in [0.1, 0.15) is 46.0 Å². The van der Waals surface area contributed by atoms with Crippen LogP contribution in [0.25, 0.3) is 0 Å². The molecule has 228 valence electrons. The average Bonchev–Trinajstić information content (AvgIpc) is 2.92. The van der Waals surface area contributed by atoms with Gasteiger partial charge in [0, 0.05) is 6.42 Å². The summed E-state index contributed by atoms with van der Waals surface area (Å²) >= 11 is 0. The lowest BCUT2D eigenvalue weighted by Gasteiger charge is -2.46. The van der Waals surface area contributed by atoms with Crippen LogP contribution in [0.5, 0.6) is 0 Å². The molecule has 9 N–H and O–H groups in total. The fraction of sp³-hybridized carbons (Fsp3) is 0.880. The molecule has 0 radical (unpaired) electrons. The van der Waals surface area contributed by atoms with Crippen molar-refractivity contribution in [3.8, 4) is 0 Å². The number of rotatable bonds is 15. The summed E-state index contributed by atoms with van der Waals surface area (Å²) in [6.45, 7) is 2.14. The van der Waals surface area contributed by atoms with E-state index in [1.165, 1.54) is 0 Å². The van der Waals surface area contributed by atoms with Crippen LogP contribution in [-0.2, 0) is 23.7 Å². The summed E-state index contributed by atoms with van der Waals surface area (Å²) in [6.07, 6.45) is -10.1. The Balaban J connectivity index is 2.07. The number of nitrogens with one attached hydrogen (secondary N) is 1. The van der Waals surface area contributed by atoms with E-state index >= 15 is 0 Å². The molecule has 2 aliphatic heterocycles.